The SMILES string of the molecule is CCN(CC)c1ccc(NC(=O)c2cccc(N3C(=O)c4ccccc4C3=O)c2)cc1S(=O)(=O)Nc1ccccc1OC. The van der Waals surface area contributed by atoms with Gasteiger partial charge in [0.05, 0.1) is 35.3 Å². The molecule has 0 aliphatic carbocycles. The van der Waals surface area contributed by atoms with Gasteiger partial charge in [-0.2, -0.15) is 0 Å². The molecule has 11 heteroatoms. The van der Waals surface area contributed by atoms with Crippen molar-refractivity contribution < 1.29 is 27.5 Å². The molecule has 1 aliphatic rings. The molecule has 220 valence electrons. The van der Waals surface area contributed by atoms with Crippen molar-refractivity contribution >= 4 is 50.5 Å². The molecule has 10 nitrogen and oxygen atoms in total. The van der Waals surface area contributed by atoms with Crippen molar-refractivity contribution in [2.24, 2.45) is 0 Å². The van der Waals surface area contributed by atoms with E-state index in [0.717, 1.165) is 4.90 Å². The Kier molecular flexibility index (Phi) is 8.18. The summed E-state index contributed by atoms with van der Waals surface area (Å²) in [4.78, 5) is 42.1. The number of benzene rings is 4. The lowest BCUT2D eigenvalue weighted by Gasteiger charge is -2.25. The molecule has 0 unspecified atom stereocenters. The number of hydrogen-bond acceptors (Lipinski definition) is 7. The average molecular weight is 599 g/mol. The topological polar surface area (TPSA) is 125 Å². The number of para-hydroxylation sites is 2. The second-order valence-electron chi connectivity index (χ2n) is 9.66. The van der Waals surface area contributed by atoms with Crippen LogP contribution in [0.5, 0.6) is 5.75 Å². The third-order valence-electron chi connectivity index (χ3n) is 7.12. The van der Waals surface area contributed by atoms with Gasteiger partial charge in [-0.1, -0.05) is 30.3 Å². The van der Waals surface area contributed by atoms with Gasteiger partial charge in [-0.05, 0) is 74.5 Å². The monoisotopic (exact) mass is 598 g/mol. The largest absolute Gasteiger partial charge is 0.495 e. The maximum atomic E-state index is 13.7. The predicted octanol–water partition coefficient (Wildman–Crippen LogP) is 5.40. The number of nitrogens with one attached hydrogen (secondary N) is 2. The zero-order valence-corrected chi connectivity index (χ0v) is 24.6. The minimum atomic E-state index is -4.13. The first-order chi connectivity index (χ1) is 20.7. The molecule has 4 aromatic carbocycles. The molecule has 3 amide bonds. The molecule has 0 radical (unpaired) electrons. The number of rotatable bonds is 10. The summed E-state index contributed by atoms with van der Waals surface area (Å²) < 4.78 is 35.3. The summed E-state index contributed by atoms with van der Waals surface area (Å²) in [5, 5.41) is 2.75. The summed E-state index contributed by atoms with van der Waals surface area (Å²) in [5.41, 5.74) is 2.01. The molecular weight excluding hydrogens is 568 g/mol. The van der Waals surface area contributed by atoms with Gasteiger partial charge in [0.15, 0.2) is 0 Å². The van der Waals surface area contributed by atoms with Gasteiger partial charge in [0.25, 0.3) is 27.7 Å². The number of carbonyl (C=O) groups excluding carboxylic acids is 3. The lowest BCUT2D eigenvalue weighted by Crippen LogP contribution is -2.29. The van der Waals surface area contributed by atoms with Crippen LogP contribution in [0, 0.1) is 0 Å². The van der Waals surface area contributed by atoms with Crippen LogP contribution in [-0.2, 0) is 10.0 Å². The Hall–Kier alpha value is -5.16. The quantitative estimate of drug-likeness (QED) is 0.234. The number of amides is 3. The van der Waals surface area contributed by atoms with E-state index in [0.29, 0.717) is 35.7 Å². The van der Waals surface area contributed by atoms with Crippen LogP contribution < -0.4 is 24.6 Å². The number of anilines is 4. The first kappa shape index (κ1) is 29.3. The van der Waals surface area contributed by atoms with E-state index in [2.05, 4.69) is 10.0 Å². The van der Waals surface area contributed by atoms with E-state index in [1.165, 1.54) is 19.2 Å². The Balaban J connectivity index is 1.45. The van der Waals surface area contributed by atoms with Gasteiger partial charge in [0.1, 0.15) is 10.6 Å². The Bertz CT molecular complexity index is 1800. The number of hydrogen-bond donors (Lipinski definition) is 2. The highest BCUT2D eigenvalue weighted by Crippen LogP contribution is 2.33. The Labute approximate surface area is 249 Å². The highest BCUT2D eigenvalue weighted by atomic mass is 32.2. The molecule has 0 fully saturated rings. The summed E-state index contributed by atoms with van der Waals surface area (Å²) in [6.07, 6.45) is 0. The molecule has 4 aromatic rings. The van der Waals surface area contributed by atoms with Crippen LogP contribution in [-0.4, -0.2) is 46.3 Å². The van der Waals surface area contributed by atoms with Crippen LogP contribution in [0.15, 0.2) is 95.9 Å². The molecule has 1 aliphatic heterocycles. The van der Waals surface area contributed by atoms with Gasteiger partial charge in [-0.15, -0.1) is 0 Å². The lowest BCUT2D eigenvalue weighted by molar-refractivity contribution is 0.0924. The van der Waals surface area contributed by atoms with Crippen molar-refractivity contribution in [3.05, 3.63) is 108 Å². The number of imide groups is 1. The van der Waals surface area contributed by atoms with Crippen molar-refractivity contribution in [3.8, 4) is 5.75 Å². The van der Waals surface area contributed by atoms with Crippen LogP contribution in [0.2, 0.25) is 0 Å². The number of carbonyl (C=O) groups is 3. The summed E-state index contributed by atoms with van der Waals surface area (Å²) in [7, 11) is -2.67. The minimum absolute atomic E-state index is 0.0281. The third kappa shape index (κ3) is 5.67. The number of fused-ring (bicyclic) bond motifs is 1. The number of nitrogens with zero attached hydrogens (tertiary/aromatic N) is 2. The number of methoxy groups -OCH3 is 1. The van der Waals surface area contributed by atoms with E-state index in [4.69, 9.17) is 4.74 Å². The van der Waals surface area contributed by atoms with Crippen LogP contribution in [0.1, 0.15) is 44.9 Å². The third-order valence-corrected chi connectivity index (χ3v) is 8.52. The molecular formula is C32H30N4O6S. The Morgan fingerprint density at radius 3 is 2.14 bits per heavy atom. The lowest BCUT2D eigenvalue weighted by atomic mass is 10.1. The fourth-order valence-electron chi connectivity index (χ4n) is 4.97. The summed E-state index contributed by atoms with van der Waals surface area (Å²) in [6, 6.07) is 24.0. The summed E-state index contributed by atoms with van der Waals surface area (Å²) >= 11 is 0. The Morgan fingerprint density at radius 1 is 0.837 bits per heavy atom. The smallest absolute Gasteiger partial charge is 0.266 e. The van der Waals surface area contributed by atoms with Gasteiger partial charge in [0, 0.05) is 24.3 Å². The standard InChI is InChI=1S/C32H30N4O6S/c1-4-35(5-2)27-18-17-22(20-29(27)43(40,41)34-26-15-8-9-16-28(26)42-3)33-30(37)21-11-10-12-23(19-21)36-31(38)24-13-6-7-14-25(24)32(36)39/h6-20,34H,4-5H2,1-3H3,(H,33,37). The zero-order chi connectivity index (χ0) is 30.7. The molecule has 0 saturated carbocycles. The molecule has 5 rings (SSSR count). The zero-order valence-electron chi connectivity index (χ0n) is 23.8. The van der Waals surface area contributed by atoms with E-state index in [1.807, 2.05) is 18.7 Å². The van der Waals surface area contributed by atoms with Crippen molar-refractivity contribution in [3.63, 3.8) is 0 Å². The van der Waals surface area contributed by atoms with E-state index in [9.17, 15) is 22.8 Å². The summed E-state index contributed by atoms with van der Waals surface area (Å²) in [5.74, 6) is -1.13. The average Bonchev–Trinajstić information content (AvgIpc) is 3.27. The Morgan fingerprint density at radius 2 is 1.49 bits per heavy atom. The van der Waals surface area contributed by atoms with E-state index >= 15 is 0 Å². The van der Waals surface area contributed by atoms with Crippen molar-refractivity contribution in [1.29, 1.82) is 0 Å². The molecule has 0 saturated heterocycles. The van der Waals surface area contributed by atoms with Crippen molar-refractivity contribution in [2.45, 2.75) is 18.7 Å². The molecule has 0 spiro atoms. The second kappa shape index (κ2) is 12.0. The maximum Gasteiger partial charge on any atom is 0.266 e. The normalized spacial score (nSPS) is 12.6. The predicted molar refractivity (Wildman–Crippen MR) is 166 cm³/mol. The highest BCUT2D eigenvalue weighted by molar-refractivity contribution is 7.93. The van der Waals surface area contributed by atoms with Gasteiger partial charge in [-0.3, -0.25) is 19.1 Å². The molecule has 2 N–H and O–H groups in total. The van der Waals surface area contributed by atoms with Crippen molar-refractivity contribution in [2.75, 3.05) is 40.0 Å². The van der Waals surface area contributed by atoms with E-state index in [-0.39, 0.29) is 27.5 Å². The van der Waals surface area contributed by atoms with E-state index in [1.54, 1.807) is 78.9 Å². The molecule has 0 aromatic heterocycles. The first-order valence-electron chi connectivity index (χ1n) is 13.6. The molecule has 0 bridgehead atoms. The van der Waals surface area contributed by atoms with Gasteiger partial charge in [0.2, 0.25) is 0 Å². The highest BCUT2D eigenvalue weighted by Gasteiger charge is 2.36. The summed E-state index contributed by atoms with van der Waals surface area (Å²) in [6.45, 7) is 4.96. The maximum absolute atomic E-state index is 13.7. The van der Waals surface area contributed by atoms with Crippen molar-refractivity contribution in [1.82, 2.24) is 0 Å². The van der Waals surface area contributed by atoms with Crippen LogP contribution in [0.25, 0.3) is 0 Å². The van der Waals surface area contributed by atoms with Gasteiger partial charge in [-0.25, -0.2) is 13.3 Å². The molecule has 1 heterocycles. The van der Waals surface area contributed by atoms with Crippen LogP contribution >= 0.6 is 0 Å². The fraction of sp³-hybridized carbons (Fsp3) is 0.156. The second-order valence-corrected chi connectivity index (χ2v) is 11.3. The molecule has 0 atom stereocenters. The number of ether oxygens (including phenoxy) is 1. The molecule has 43 heavy (non-hydrogen) atoms. The van der Waals surface area contributed by atoms with Gasteiger partial charge >= 0.3 is 0 Å². The van der Waals surface area contributed by atoms with E-state index < -0.39 is 27.7 Å². The van der Waals surface area contributed by atoms with Gasteiger partial charge < -0.3 is 15.0 Å². The van der Waals surface area contributed by atoms with Crippen LogP contribution in [0.4, 0.5) is 22.7 Å². The fourth-order valence-corrected chi connectivity index (χ4v) is 6.30. The first-order valence-corrected chi connectivity index (χ1v) is 15.1. The van der Waals surface area contributed by atoms with Crippen LogP contribution in [0.3, 0.4) is 0 Å². The minimum Gasteiger partial charge on any atom is -0.495 e. The number of sulfonamides is 1.